The van der Waals surface area contributed by atoms with Crippen LogP contribution in [0.3, 0.4) is 0 Å². The largest absolute Gasteiger partial charge is 0.412 e. The summed E-state index contributed by atoms with van der Waals surface area (Å²) in [5.41, 5.74) is 0. The minimum Gasteiger partial charge on any atom is -0.412 e. The number of hydrogen-bond donors (Lipinski definition) is 0. The molecule has 0 saturated carbocycles. The van der Waals surface area contributed by atoms with Crippen molar-refractivity contribution in [3.05, 3.63) is 0 Å². The third-order valence-electron chi connectivity index (χ3n) is 0. The van der Waals surface area contributed by atoms with Gasteiger partial charge in [-0.25, -0.2) is 0 Å². The summed E-state index contributed by atoms with van der Waals surface area (Å²) in [6, 6.07) is 0. The van der Waals surface area contributed by atoms with Crippen molar-refractivity contribution in [3.63, 3.8) is 0 Å². The topological polar surface area (TPSA) is 252 Å². The second-order valence-electron chi connectivity index (χ2n) is 0. The summed E-state index contributed by atoms with van der Waals surface area (Å²) in [7, 11) is 0. The van der Waals surface area contributed by atoms with Crippen LogP contribution >= 0.6 is 12.4 Å². The van der Waals surface area contributed by atoms with Gasteiger partial charge < -0.3 is 43.8 Å². The molecule has 0 saturated heterocycles. The smallest absolute Gasteiger partial charge is 0 e. The summed E-state index contributed by atoms with van der Waals surface area (Å²) >= 11 is 0. The molecule has 0 aromatic heterocycles. The van der Waals surface area contributed by atoms with Crippen LogP contribution in [0.25, 0.3) is 0 Å². The average Bonchev–Trinajstić information content (AvgIpc) is 0. The van der Waals surface area contributed by atoms with Crippen LogP contribution < -0.4 is 0 Å². The van der Waals surface area contributed by atoms with E-state index in [0.717, 1.165) is 0 Å². The molecule has 0 aromatic rings. The normalized spacial score (nSPS) is 0. The Hall–Kier alpha value is 0.476. The quantitative estimate of drug-likeness (QED) is 0.382. The zero-order chi connectivity index (χ0) is 0. The molecule has 0 spiro atoms. The third kappa shape index (κ3) is 2090. The van der Waals surface area contributed by atoms with Crippen molar-refractivity contribution in [2.75, 3.05) is 0 Å². The maximum Gasteiger partial charge on any atom is 0 e. The average molecular weight is 240 g/mol. The van der Waals surface area contributed by atoms with Crippen molar-refractivity contribution in [1.29, 1.82) is 0 Å². The van der Waals surface area contributed by atoms with Gasteiger partial charge in [0.05, 0.1) is 0 Å². The van der Waals surface area contributed by atoms with Crippen LogP contribution in [-0.4, -0.2) is 43.8 Å². The first kappa shape index (κ1) is 4140. The summed E-state index contributed by atoms with van der Waals surface area (Å²) < 4.78 is 0. The monoisotopic (exact) mass is 239 g/mol. The van der Waals surface area contributed by atoms with Gasteiger partial charge in [-0.3, -0.25) is 0 Å². The molecule has 16 N–H and O–H groups in total. The molecular weight excluding hydrogens is 222 g/mol. The van der Waals surface area contributed by atoms with Gasteiger partial charge in [0.15, 0.2) is 0 Å². The van der Waals surface area contributed by atoms with Gasteiger partial charge in [-0.2, -0.15) is 0 Å². The number of rotatable bonds is 0. The summed E-state index contributed by atoms with van der Waals surface area (Å²) in [6.45, 7) is 0. The van der Waals surface area contributed by atoms with Crippen LogP contribution in [-0.2, 0) is 16.8 Å². The minimum atomic E-state index is 0. The Morgan fingerprint density at radius 2 is 0.300 bits per heavy atom. The Morgan fingerprint density at radius 1 is 0.300 bits per heavy atom. The summed E-state index contributed by atoms with van der Waals surface area (Å²) in [6.07, 6.45) is 0. The molecule has 0 aliphatic rings. The van der Waals surface area contributed by atoms with Crippen molar-refractivity contribution in [2.45, 2.75) is 0 Å². The molecule has 1 radical (unpaired) electrons. The second-order valence-corrected chi connectivity index (χ2v) is 0. The van der Waals surface area contributed by atoms with Crippen LogP contribution in [0.15, 0.2) is 0 Å². The zero-order valence-corrected chi connectivity index (χ0v) is 6.60. The van der Waals surface area contributed by atoms with Crippen LogP contribution in [0.1, 0.15) is 0 Å². The molecule has 0 rings (SSSR count). The van der Waals surface area contributed by atoms with Crippen LogP contribution in [0, 0.1) is 0 Å². The van der Waals surface area contributed by atoms with Crippen LogP contribution in [0.2, 0.25) is 0 Å². The van der Waals surface area contributed by atoms with E-state index in [0.29, 0.717) is 0 Å². The first-order chi connectivity index (χ1) is 0. The molecule has 10 heteroatoms. The molecule has 0 aliphatic heterocycles. The van der Waals surface area contributed by atoms with E-state index in [1.54, 1.807) is 0 Å². The van der Waals surface area contributed by atoms with E-state index in [1.165, 1.54) is 0 Å². The predicted molar refractivity (Wildman–Crippen MR) is 36.2 cm³/mol. The molecule has 0 heterocycles. The molecule has 0 amide bonds. The Kier molecular flexibility index (Phi) is 1240000. The summed E-state index contributed by atoms with van der Waals surface area (Å²) in [5.74, 6) is 0. The molecule has 81 valence electrons. The van der Waals surface area contributed by atoms with Crippen LogP contribution in [0.5, 0.6) is 0 Å². The van der Waals surface area contributed by atoms with E-state index in [1.807, 2.05) is 0 Å². The molecule has 0 atom stereocenters. The van der Waals surface area contributed by atoms with Gasteiger partial charge in [-0.05, 0) is 0 Å². The van der Waals surface area contributed by atoms with Crippen LogP contribution in [0.4, 0.5) is 0 Å². The summed E-state index contributed by atoms with van der Waals surface area (Å²) in [5, 5.41) is 0. The van der Waals surface area contributed by atoms with Gasteiger partial charge in [0.2, 0.25) is 0 Å². The van der Waals surface area contributed by atoms with E-state index in [9.17, 15) is 0 Å². The molecule has 0 unspecified atom stereocenters. The standard InChI is InChI=1S/ClH.Co.8H2O/h1H;;8*1H2. The predicted octanol–water partition coefficient (Wildman–Crippen LogP) is -6.18. The van der Waals surface area contributed by atoms with Gasteiger partial charge in [-0.15, -0.1) is 12.4 Å². The van der Waals surface area contributed by atoms with E-state index in [-0.39, 0.29) is 73.0 Å². The van der Waals surface area contributed by atoms with Gasteiger partial charge >= 0.3 is 0 Å². The van der Waals surface area contributed by atoms with E-state index < -0.39 is 0 Å². The van der Waals surface area contributed by atoms with Gasteiger partial charge in [-0.1, -0.05) is 0 Å². The minimum absolute atomic E-state index is 0. The fourth-order valence-corrected chi connectivity index (χ4v) is 0. The van der Waals surface area contributed by atoms with Gasteiger partial charge in [0.1, 0.15) is 0 Å². The summed E-state index contributed by atoms with van der Waals surface area (Å²) in [4.78, 5) is 0. The Balaban J connectivity index is 0. The Labute approximate surface area is 73.7 Å². The molecule has 10 heavy (non-hydrogen) atoms. The van der Waals surface area contributed by atoms with Crippen molar-refractivity contribution < 1.29 is 60.6 Å². The maximum absolute atomic E-state index is 0. The first-order valence-corrected chi connectivity index (χ1v) is 0. The van der Waals surface area contributed by atoms with E-state index >= 15 is 0 Å². The first-order valence-electron chi connectivity index (χ1n) is 0. The van der Waals surface area contributed by atoms with Crippen molar-refractivity contribution in [1.82, 2.24) is 0 Å². The van der Waals surface area contributed by atoms with Gasteiger partial charge in [0.25, 0.3) is 0 Å². The zero-order valence-electron chi connectivity index (χ0n) is 4.74. The number of hydrogen-bond acceptors (Lipinski definition) is 0. The molecular formula is H17ClCoO8. The third-order valence-corrected chi connectivity index (χ3v) is 0. The van der Waals surface area contributed by atoms with Gasteiger partial charge in [0, 0.05) is 16.8 Å². The molecule has 0 bridgehead atoms. The molecule has 0 aliphatic carbocycles. The van der Waals surface area contributed by atoms with Crippen molar-refractivity contribution >= 4 is 12.4 Å². The van der Waals surface area contributed by atoms with E-state index in [2.05, 4.69) is 0 Å². The Morgan fingerprint density at radius 3 is 0.300 bits per heavy atom. The molecule has 0 fully saturated rings. The number of halogens is 1. The fourth-order valence-electron chi connectivity index (χ4n) is 0. The van der Waals surface area contributed by atoms with Crippen molar-refractivity contribution in [3.8, 4) is 0 Å². The van der Waals surface area contributed by atoms with Crippen molar-refractivity contribution in [2.24, 2.45) is 0 Å². The fraction of sp³-hybridized carbons (Fsp3) is 0. The molecule has 8 nitrogen and oxygen atoms in total. The Bertz CT molecular complexity index is 9.22. The maximum atomic E-state index is 0. The SMILES string of the molecule is Cl.O.O.O.O.O.O.O.O.[Co]. The molecule has 0 aromatic carbocycles. The second kappa shape index (κ2) is 3000. The van der Waals surface area contributed by atoms with E-state index in [4.69, 9.17) is 0 Å².